The predicted molar refractivity (Wildman–Crippen MR) is 78.5 cm³/mol. The zero-order valence-corrected chi connectivity index (χ0v) is 12.0. The molecule has 4 heteroatoms. The van der Waals surface area contributed by atoms with E-state index in [1.54, 1.807) is 6.07 Å². The van der Waals surface area contributed by atoms with Crippen LogP contribution < -0.4 is 5.73 Å². The molecule has 0 radical (unpaired) electrons. The summed E-state index contributed by atoms with van der Waals surface area (Å²) in [6.45, 7) is 2.62. The molecule has 0 aliphatic heterocycles. The fraction of sp³-hybridized carbons (Fsp3) is 0.533. The van der Waals surface area contributed by atoms with E-state index in [-0.39, 0.29) is 16.9 Å². The van der Waals surface area contributed by atoms with Gasteiger partial charge in [0.1, 0.15) is 10.8 Å². The summed E-state index contributed by atoms with van der Waals surface area (Å²) in [6.07, 6.45) is 4.92. The highest BCUT2D eigenvalue weighted by molar-refractivity contribution is 7.80. The van der Waals surface area contributed by atoms with Gasteiger partial charge in [0.2, 0.25) is 0 Å². The van der Waals surface area contributed by atoms with Gasteiger partial charge < -0.3 is 10.5 Å². The average Bonchev–Trinajstić information content (AvgIpc) is 2.36. The molecule has 19 heavy (non-hydrogen) atoms. The van der Waals surface area contributed by atoms with E-state index in [1.165, 1.54) is 25.0 Å². The van der Waals surface area contributed by atoms with E-state index in [2.05, 4.69) is 6.92 Å². The van der Waals surface area contributed by atoms with Crippen LogP contribution in [-0.4, -0.2) is 11.1 Å². The van der Waals surface area contributed by atoms with Gasteiger partial charge in [0.25, 0.3) is 0 Å². The van der Waals surface area contributed by atoms with Gasteiger partial charge >= 0.3 is 0 Å². The third-order valence-corrected chi connectivity index (χ3v) is 3.92. The summed E-state index contributed by atoms with van der Waals surface area (Å²) in [4.78, 5) is 0.288. The van der Waals surface area contributed by atoms with Gasteiger partial charge in [-0.25, -0.2) is 4.39 Å². The Bertz CT molecular complexity index is 463. The van der Waals surface area contributed by atoms with Crippen LogP contribution in [0.3, 0.4) is 0 Å². The Kier molecular flexibility index (Phi) is 4.88. The molecule has 2 unspecified atom stereocenters. The minimum absolute atomic E-state index is 0.270. The highest BCUT2D eigenvalue weighted by Crippen LogP contribution is 2.26. The SMILES string of the molecule is CC1CCCC(OCc2cc(F)ccc2C(N)=S)C1. The Morgan fingerprint density at radius 2 is 2.26 bits per heavy atom. The van der Waals surface area contributed by atoms with E-state index < -0.39 is 0 Å². The van der Waals surface area contributed by atoms with Crippen molar-refractivity contribution in [1.82, 2.24) is 0 Å². The third kappa shape index (κ3) is 3.98. The van der Waals surface area contributed by atoms with E-state index in [0.29, 0.717) is 18.1 Å². The number of halogens is 1. The number of ether oxygens (including phenoxy) is 1. The van der Waals surface area contributed by atoms with E-state index in [4.69, 9.17) is 22.7 Å². The van der Waals surface area contributed by atoms with Crippen LogP contribution in [0.4, 0.5) is 4.39 Å². The second-order valence-corrected chi connectivity index (χ2v) is 5.81. The second-order valence-electron chi connectivity index (χ2n) is 5.37. The number of hydrogen-bond acceptors (Lipinski definition) is 2. The van der Waals surface area contributed by atoms with E-state index >= 15 is 0 Å². The van der Waals surface area contributed by atoms with Gasteiger partial charge in [-0.1, -0.05) is 32.0 Å². The smallest absolute Gasteiger partial charge is 0.123 e. The first-order valence-electron chi connectivity index (χ1n) is 6.76. The molecule has 1 aliphatic carbocycles. The van der Waals surface area contributed by atoms with Crippen LogP contribution >= 0.6 is 12.2 Å². The molecule has 104 valence electrons. The normalized spacial score (nSPS) is 23.3. The molecule has 1 aromatic rings. The molecule has 2 N–H and O–H groups in total. The first-order valence-corrected chi connectivity index (χ1v) is 7.17. The molecule has 2 nitrogen and oxygen atoms in total. The number of nitrogens with two attached hydrogens (primary N) is 1. The molecule has 1 fully saturated rings. The molecule has 1 aliphatic rings. The number of hydrogen-bond donors (Lipinski definition) is 1. The minimum atomic E-state index is -0.282. The third-order valence-electron chi connectivity index (χ3n) is 3.70. The maximum atomic E-state index is 13.3. The van der Waals surface area contributed by atoms with Crippen molar-refractivity contribution in [2.45, 2.75) is 45.3 Å². The summed E-state index contributed by atoms with van der Waals surface area (Å²) in [7, 11) is 0. The standard InChI is InChI=1S/C15H20FNOS/c1-10-3-2-4-13(7-10)18-9-11-8-12(16)5-6-14(11)15(17)19/h5-6,8,10,13H,2-4,7,9H2,1H3,(H2,17,19). The summed E-state index contributed by atoms with van der Waals surface area (Å²) in [6, 6.07) is 4.46. The van der Waals surface area contributed by atoms with Gasteiger partial charge in [0, 0.05) is 5.56 Å². The molecular weight excluding hydrogens is 261 g/mol. The van der Waals surface area contributed by atoms with Crippen molar-refractivity contribution in [3.05, 3.63) is 35.1 Å². The highest BCUT2D eigenvalue weighted by atomic mass is 32.1. The molecule has 0 spiro atoms. The number of benzene rings is 1. The Morgan fingerprint density at radius 1 is 1.47 bits per heavy atom. The van der Waals surface area contributed by atoms with Crippen molar-refractivity contribution < 1.29 is 9.13 Å². The molecule has 1 aromatic carbocycles. The van der Waals surface area contributed by atoms with Crippen molar-refractivity contribution in [3.63, 3.8) is 0 Å². The average molecular weight is 281 g/mol. The molecule has 2 atom stereocenters. The van der Waals surface area contributed by atoms with E-state index in [0.717, 1.165) is 18.4 Å². The van der Waals surface area contributed by atoms with Crippen LogP contribution in [0.25, 0.3) is 0 Å². The lowest BCUT2D eigenvalue weighted by molar-refractivity contribution is 0.00453. The lowest BCUT2D eigenvalue weighted by Crippen LogP contribution is -2.22. The zero-order valence-electron chi connectivity index (χ0n) is 11.2. The molecule has 0 bridgehead atoms. The fourth-order valence-electron chi connectivity index (χ4n) is 2.66. The maximum Gasteiger partial charge on any atom is 0.123 e. The molecule has 1 saturated carbocycles. The Balaban J connectivity index is 2.02. The quantitative estimate of drug-likeness (QED) is 0.857. The molecule has 0 aromatic heterocycles. The van der Waals surface area contributed by atoms with Crippen LogP contribution in [0, 0.1) is 11.7 Å². The predicted octanol–water partition coefficient (Wildman–Crippen LogP) is 3.56. The molecule has 0 saturated heterocycles. The van der Waals surface area contributed by atoms with Crippen molar-refractivity contribution >= 4 is 17.2 Å². The van der Waals surface area contributed by atoms with Crippen LogP contribution in [0.5, 0.6) is 0 Å². The van der Waals surface area contributed by atoms with E-state index in [1.807, 2.05) is 0 Å². The first kappa shape index (κ1) is 14.4. The molecular formula is C15H20FNOS. The van der Waals surface area contributed by atoms with Crippen LogP contribution in [0.1, 0.15) is 43.7 Å². The Morgan fingerprint density at radius 3 is 2.95 bits per heavy atom. The first-order chi connectivity index (χ1) is 9.06. The summed E-state index contributed by atoms with van der Waals surface area (Å²) < 4.78 is 19.2. The minimum Gasteiger partial charge on any atom is -0.389 e. The highest BCUT2D eigenvalue weighted by Gasteiger charge is 2.19. The second kappa shape index (κ2) is 6.44. The molecule has 0 heterocycles. The van der Waals surface area contributed by atoms with Crippen molar-refractivity contribution in [3.8, 4) is 0 Å². The summed E-state index contributed by atoms with van der Waals surface area (Å²) >= 11 is 4.98. The fourth-order valence-corrected chi connectivity index (χ4v) is 2.86. The van der Waals surface area contributed by atoms with Crippen molar-refractivity contribution in [1.29, 1.82) is 0 Å². The van der Waals surface area contributed by atoms with Gasteiger partial charge in [-0.05, 0) is 42.5 Å². The molecule has 2 rings (SSSR count). The lowest BCUT2D eigenvalue weighted by Gasteiger charge is -2.27. The lowest BCUT2D eigenvalue weighted by atomic mass is 9.89. The van der Waals surface area contributed by atoms with Crippen LogP contribution in [-0.2, 0) is 11.3 Å². The van der Waals surface area contributed by atoms with Crippen LogP contribution in [0.2, 0.25) is 0 Å². The van der Waals surface area contributed by atoms with Gasteiger partial charge in [-0.2, -0.15) is 0 Å². The summed E-state index contributed by atoms with van der Waals surface area (Å²) in [5.74, 6) is 0.428. The maximum absolute atomic E-state index is 13.3. The monoisotopic (exact) mass is 281 g/mol. The van der Waals surface area contributed by atoms with Gasteiger partial charge in [-0.3, -0.25) is 0 Å². The molecule has 0 amide bonds. The Hall–Kier alpha value is -1.00. The van der Waals surface area contributed by atoms with Crippen LogP contribution in [0.15, 0.2) is 18.2 Å². The largest absolute Gasteiger partial charge is 0.389 e. The number of rotatable bonds is 4. The van der Waals surface area contributed by atoms with Crippen molar-refractivity contribution in [2.24, 2.45) is 11.7 Å². The zero-order chi connectivity index (χ0) is 13.8. The van der Waals surface area contributed by atoms with Crippen molar-refractivity contribution in [2.75, 3.05) is 0 Å². The van der Waals surface area contributed by atoms with Gasteiger partial charge in [0.05, 0.1) is 12.7 Å². The summed E-state index contributed by atoms with van der Waals surface area (Å²) in [5, 5.41) is 0. The van der Waals surface area contributed by atoms with Gasteiger partial charge in [-0.15, -0.1) is 0 Å². The number of thiocarbonyl (C=S) groups is 1. The topological polar surface area (TPSA) is 35.2 Å². The van der Waals surface area contributed by atoms with Gasteiger partial charge in [0.15, 0.2) is 0 Å². The van der Waals surface area contributed by atoms with E-state index in [9.17, 15) is 4.39 Å². The summed E-state index contributed by atoms with van der Waals surface area (Å²) in [5.41, 5.74) is 7.10. The Labute approximate surface area is 119 Å².